The molecule has 136 valence electrons. The Morgan fingerprint density at radius 3 is 2.62 bits per heavy atom. The zero-order chi connectivity index (χ0) is 18.7. The summed E-state index contributed by atoms with van der Waals surface area (Å²) in [5, 5.41) is 8.33. The van der Waals surface area contributed by atoms with Gasteiger partial charge in [0, 0.05) is 17.8 Å². The average molecular weight is 350 g/mol. The predicted molar refractivity (Wildman–Crippen MR) is 104 cm³/mol. The molecule has 0 aliphatic heterocycles. The zero-order valence-corrected chi connectivity index (χ0v) is 15.9. The summed E-state index contributed by atoms with van der Waals surface area (Å²) in [5.41, 5.74) is 3.52. The van der Waals surface area contributed by atoms with Crippen LogP contribution in [-0.4, -0.2) is 26.7 Å². The van der Waals surface area contributed by atoms with Gasteiger partial charge in [-0.2, -0.15) is 5.10 Å². The lowest BCUT2D eigenvalue weighted by atomic mass is 10.1. The molecule has 0 spiro atoms. The van der Waals surface area contributed by atoms with Crippen LogP contribution in [0.4, 0.5) is 0 Å². The molecule has 0 bridgehead atoms. The summed E-state index contributed by atoms with van der Waals surface area (Å²) in [5.74, 6) is -0.0654. The molecule has 0 aliphatic carbocycles. The Morgan fingerprint density at radius 2 is 1.92 bits per heavy atom. The first-order valence-electron chi connectivity index (χ1n) is 9.15. The number of aryl methyl sites for hydroxylation is 2. The lowest BCUT2D eigenvalue weighted by Gasteiger charge is -2.15. The number of carbonyl (C=O) groups excluding carboxylic acids is 1. The molecule has 2 aromatic heterocycles. The van der Waals surface area contributed by atoms with Gasteiger partial charge in [0.1, 0.15) is 0 Å². The normalized spacial score (nSPS) is 12.5. The van der Waals surface area contributed by atoms with Gasteiger partial charge in [-0.3, -0.25) is 4.79 Å². The monoisotopic (exact) mass is 350 g/mol. The second kappa shape index (κ2) is 7.68. The average Bonchev–Trinajstić information content (AvgIpc) is 3.04. The van der Waals surface area contributed by atoms with Crippen molar-refractivity contribution in [2.75, 3.05) is 0 Å². The van der Waals surface area contributed by atoms with Crippen LogP contribution in [-0.2, 0) is 6.42 Å². The number of hydrogen-bond donors (Lipinski definition) is 1. The zero-order valence-electron chi connectivity index (χ0n) is 15.9. The van der Waals surface area contributed by atoms with Gasteiger partial charge < -0.3 is 5.32 Å². The minimum atomic E-state index is -0.0654. The molecule has 1 aromatic carbocycles. The van der Waals surface area contributed by atoms with Crippen molar-refractivity contribution >= 4 is 16.9 Å². The van der Waals surface area contributed by atoms with Crippen LogP contribution in [0.3, 0.4) is 0 Å². The van der Waals surface area contributed by atoms with Gasteiger partial charge in [0.25, 0.3) is 5.91 Å². The van der Waals surface area contributed by atoms with Crippen molar-refractivity contribution in [3.8, 4) is 0 Å². The van der Waals surface area contributed by atoms with Gasteiger partial charge in [0.05, 0.1) is 17.1 Å². The van der Waals surface area contributed by atoms with E-state index in [1.54, 1.807) is 6.20 Å². The molecule has 0 fully saturated rings. The largest absolute Gasteiger partial charge is 0.350 e. The molecular weight excluding hydrogens is 324 g/mol. The third-order valence-electron chi connectivity index (χ3n) is 4.51. The number of carbonyl (C=O) groups is 1. The Hall–Kier alpha value is -2.69. The van der Waals surface area contributed by atoms with Gasteiger partial charge >= 0.3 is 0 Å². The van der Waals surface area contributed by atoms with Crippen LogP contribution in [0.15, 0.2) is 42.6 Å². The van der Waals surface area contributed by atoms with E-state index in [4.69, 9.17) is 0 Å². The predicted octanol–water partition coefficient (Wildman–Crippen LogP) is 4.07. The Balaban J connectivity index is 1.75. The fourth-order valence-electron chi connectivity index (χ4n) is 3.11. The highest BCUT2D eigenvalue weighted by atomic mass is 16.1. The van der Waals surface area contributed by atoms with E-state index < -0.39 is 0 Å². The number of amides is 1. The van der Waals surface area contributed by atoms with Gasteiger partial charge in [-0.05, 0) is 52.2 Å². The highest BCUT2D eigenvalue weighted by Crippen LogP contribution is 2.21. The molecule has 0 radical (unpaired) electrons. The lowest BCUT2D eigenvalue weighted by Crippen LogP contribution is -2.33. The third kappa shape index (κ3) is 3.93. The van der Waals surface area contributed by atoms with Gasteiger partial charge in [0.15, 0.2) is 5.65 Å². The molecule has 5 nitrogen and oxygen atoms in total. The first-order chi connectivity index (χ1) is 12.5. The molecule has 0 aliphatic rings. The van der Waals surface area contributed by atoms with E-state index in [2.05, 4.69) is 41.4 Å². The van der Waals surface area contributed by atoms with E-state index in [-0.39, 0.29) is 18.0 Å². The van der Waals surface area contributed by atoms with E-state index in [1.807, 2.05) is 42.8 Å². The second-order valence-corrected chi connectivity index (χ2v) is 7.13. The van der Waals surface area contributed by atoms with E-state index in [0.717, 1.165) is 29.6 Å². The molecular formula is C21H26N4O. The highest BCUT2D eigenvalue weighted by Gasteiger charge is 2.18. The van der Waals surface area contributed by atoms with Crippen LogP contribution in [0.2, 0.25) is 0 Å². The fourth-order valence-corrected chi connectivity index (χ4v) is 3.11. The number of hydrogen-bond acceptors (Lipinski definition) is 3. The molecule has 5 heteroatoms. The Kier molecular flexibility index (Phi) is 5.35. The summed E-state index contributed by atoms with van der Waals surface area (Å²) in [7, 11) is 0. The van der Waals surface area contributed by atoms with Crippen LogP contribution in [0.25, 0.3) is 11.0 Å². The lowest BCUT2D eigenvalue weighted by molar-refractivity contribution is 0.0940. The van der Waals surface area contributed by atoms with Crippen LogP contribution >= 0.6 is 0 Å². The van der Waals surface area contributed by atoms with E-state index >= 15 is 0 Å². The molecule has 1 amide bonds. The highest BCUT2D eigenvalue weighted by molar-refractivity contribution is 6.05. The maximum Gasteiger partial charge on any atom is 0.252 e. The molecule has 26 heavy (non-hydrogen) atoms. The first kappa shape index (κ1) is 18.1. The molecule has 1 unspecified atom stereocenters. The minimum absolute atomic E-state index is 0.0654. The number of pyridine rings is 1. The number of benzene rings is 1. The Bertz CT molecular complexity index is 899. The van der Waals surface area contributed by atoms with Crippen molar-refractivity contribution in [3.05, 3.63) is 59.4 Å². The SMILES string of the molecule is Cc1cc(C(=O)NC(C)CCc2ccccc2)c2cnn(C(C)C)c2n1. The summed E-state index contributed by atoms with van der Waals surface area (Å²) < 4.78 is 1.86. The van der Waals surface area contributed by atoms with Crippen molar-refractivity contribution in [1.82, 2.24) is 20.1 Å². The van der Waals surface area contributed by atoms with Crippen molar-refractivity contribution < 1.29 is 4.79 Å². The molecule has 3 rings (SSSR count). The smallest absolute Gasteiger partial charge is 0.252 e. The molecule has 0 saturated heterocycles. The van der Waals surface area contributed by atoms with Crippen LogP contribution < -0.4 is 5.32 Å². The van der Waals surface area contributed by atoms with E-state index in [1.165, 1.54) is 5.56 Å². The second-order valence-electron chi connectivity index (χ2n) is 7.13. The maximum atomic E-state index is 12.8. The Morgan fingerprint density at radius 1 is 1.19 bits per heavy atom. The number of nitrogens with one attached hydrogen (secondary N) is 1. The molecule has 0 saturated carbocycles. The maximum absolute atomic E-state index is 12.8. The molecule has 3 aromatic rings. The van der Waals surface area contributed by atoms with Crippen LogP contribution in [0, 0.1) is 6.92 Å². The van der Waals surface area contributed by atoms with E-state index in [0.29, 0.717) is 5.56 Å². The number of aromatic nitrogens is 3. The summed E-state index contributed by atoms with van der Waals surface area (Å²) >= 11 is 0. The number of fused-ring (bicyclic) bond motifs is 1. The van der Waals surface area contributed by atoms with Gasteiger partial charge in [0.2, 0.25) is 0 Å². The third-order valence-corrected chi connectivity index (χ3v) is 4.51. The van der Waals surface area contributed by atoms with Crippen molar-refractivity contribution in [2.45, 2.75) is 52.6 Å². The number of rotatable bonds is 6. The van der Waals surface area contributed by atoms with Crippen molar-refractivity contribution in [1.29, 1.82) is 0 Å². The number of nitrogens with zero attached hydrogens (tertiary/aromatic N) is 3. The first-order valence-corrected chi connectivity index (χ1v) is 9.15. The fraction of sp³-hybridized carbons (Fsp3) is 0.381. The Labute approximate surface area is 154 Å². The van der Waals surface area contributed by atoms with Crippen LogP contribution in [0.1, 0.15) is 54.8 Å². The van der Waals surface area contributed by atoms with Gasteiger partial charge in [-0.25, -0.2) is 9.67 Å². The van der Waals surface area contributed by atoms with Crippen LogP contribution in [0.5, 0.6) is 0 Å². The summed E-state index contributed by atoms with van der Waals surface area (Å²) in [6.07, 6.45) is 3.58. The van der Waals surface area contributed by atoms with Crippen molar-refractivity contribution in [3.63, 3.8) is 0 Å². The van der Waals surface area contributed by atoms with Gasteiger partial charge in [-0.1, -0.05) is 30.3 Å². The van der Waals surface area contributed by atoms with Crippen molar-refractivity contribution in [2.24, 2.45) is 0 Å². The summed E-state index contributed by atoms with van der Waals surface area (Å²) in [6.45, 7) is 8.07. The molecule has 2 heterocycles. The minimum Gasteiger partial charge on any atom is -0.350 e. The standard InChI is InChI=1S/C21H26N4O/c1-14(2)25-20-19(13-22-25)18(12-16(4)23-20)21(26)24-15(3)10-11-17-8-6-5-7-9-17/h5-9,12-15H,10-11H2,1-4H3,(H,24,26). The summed E-state index contributed by atoms with van der Waals surface area (Å²) in [4.78, 5) is 17.4. The summed E-state index contributed by atoms with van der Waals surface area (Å²) in [6, 6.07) is 12.5. The van der Waals surface area contributed by atoms with E-state index in [9.17, 15) is 4.79 Å². The topological polar surface area (TPSA) is 59.8 Å². The van der Waals surface area contributed by atoms with Gasteiger partial charge in [-0.15, -0.1) is 0 Å². The molecule has 1 N–H and O–H groups in total. The quantitative estimate of drug-likeness (QED) is 0.729. The molecule has 1 atom stereocenters.